The van der Waals surface area contributed by atoms with E-state index in [1.807, 2.05) is 24.3 Å². The fourth-order valence-corrected chi connectivity index (χ4v) is 3.69. The number of carboxylic acids is 1. The van der Waals surface area contributed by atoms with Gasteiger partial charge in [0, 0.05) is 30.1 Å². The highest BCUT2D eigenvalue weighted by molar-refractivity contribution is 5.93. The van der Waals surface area contributed by atoms with Gasteiger partial charge in [0.2, 0.25) is 11.8 Å². The maximum Gasteiger partial charge on any atom is 0.305 e. The molecule has 3 rings (SSSR count). The van der Waals surface area contributed by atoms with Crippen molar-refractivity contribution in [3.05, 3.63) is 36.0 Å². The van der Waals surface area contributed by atoms with Gasteiger partial charge in [-0.15, -0.1) is 0 Å². The first-order chi connectivity index (χ1) is 13.9. The molecule has 2 amide bonds. The van der Waals surface area contributed by atoms with Crippen LogP contribution in [0.15, 0.2) is 30.5 Å². The Hall–Kier alpha value is -3.20. The number of carbonyl (C=O) groups is 4. The Morgan fingerprint density at radius 2 is 2.10 bits per heavy atom. The van der Waals surface area contributed by atoms with E-state index in [1.165, 1.54) is 4.90 Å². The van der Waals surface area contributed by atoms with Crippen molar-refractivity contribution in [1.82, 2.24) is 15.2 Å². The molecule has 2 aromatic rings. The predicted molar refractivity (Wildman–Crippen MR) is 105 cm³/mol. The molecule has 9 heteroatoms. The van der Waals surface area contributed by atoms with E-state index in [-0.39, 0.29) is 12.3 Å². The molecule has 2 heterocycles. The maximum atomic E-state index is 13.1. The molecule has 1 aromatic heterocycles. The number of nitrogens with zero attached hydrogens (tertiary/aromatic N) is 1. The molecule has 0 unspecified atom stereocenters. The Balaban J connectivity index is 1.84. The molecule has 0 spiro atoms. The van der Waals surface area contributed by atoms with E-state index in [0.717, 1.165) is 22.8 Å². The first-order valence-electron chi connectivity index (χ1n) is 9.49. The summed E-state index contributed by atoms with van der Waals surface area (Å²) in [6.45, 7) is 0.434. The number of H-pyrrole nitrogens is 1. The number of hydrogen-bond acceptors (Lipinski definition) is 5. The smallest absolute Gasteiger partial charge is 0.305 e. The molecule has 0 bridgehead atoms. The third kappa shape index (κ3) is 4.62. The molecule has 0 radical (unpaired) electrons. The first kappa shape index (κ1) is 20.5. The largest absolute Gasteiger partial charge is 0.481 e. The molecular formula is C20H24N4O5. The summed E-state index contributed by atoms with van der Waals surface area (Å²) < 4.78 is 0. The van der Waals surface area contributed by atoms with Crippen molar-refractivity contribution in [1.29, 1.82) is 0 Å². The number of hydrogen-bond donors (Lipinski definition) is 4. The first-order valence-corrected chi connectivity index (χ1v) is 9.49. The van der Waals surface area contributed by atoms with Crippen LogP contribution in [0, 0.1) is 0 Å². The lowest BCUT2D eigenvalue weighted by Gasteiger charge is -2.27. The lowest BCUT2D eigenvalue weighted by atomic mass is 10.0. The standard InChI is InChI=1S/C20H24N4O5/c21-15(9-18(26)27)19(28)23-17(20(29)24-7-3-4-13(24)11-25)8-12-10-22-16-6-2-1-5-14(12)16/h1-2,5-6,10-11,13,15,17,22H,3-4,7-9,21H2,(H,23,28)(H,26,27)/t13-,15-,17-/m0/s1. The van der Waals surface area contributed by atoms with Gasteiger partial charge in [-0.05, 0) is 24.5 Å². The summed E-state index contributed by atoms with van der Waals surface area (Å²) in [7, 11) is 0. The number of aldehydes is 1. The SMILES string of the molecule is N[C@@H](CC(=O)O)C(=O)N[C@@H](Cc1c[nH]c2ccccc12)C(=O)N1CCC[C@H]1C=O. The number of likely N-dealkylation sites (tertiary alicyclic amines) is 1. The van der Waals surface area contributed by atoms with E-state index in [0.29, 0.717) is 19.4 Å². The number of carbonyl (C=O) groups excluding carboxylic acids is 3. The number of fused-ring (bicyclic) bond motifs is 1. The van der Waals surface area contributed by atoms with Gasteiger partial charge < -0.3 is 30.8 Å². The van der Waals surface area contributed by atoms with Crippen LogP contribution in [0.4, 0.5) is 0 Å². The minimum absolute atomic E-state index is 0.191. The Bertz CT molecular complexity index is 924. The number of rotatable bonds is 8. The molecule has 154 valence electrons. The van der Waals surface area contributed by atoms with Gasteiger partial charge in [0.05, 0.1) is 18.5 Å². The van der Waals surface area contributed by atoms with E-state index in [2.05, 4.69) is 10.3 Å². The molecule has 1 saturated heterocycles. The van der Waals surface area contributed by atoms with Crippen molar-refractivity contribution in [2.24, 2.45) is 5.73 Å². The third-order valence-corrected chi connectivity index (χ3v) is 5.18. The Labute approximate surface area is 167 Å². The summed E-state index contributed by atoms with van der Waals surface area (Å²) in [5, 5.41) is 12.4. The highest BCUT2D eigenvalue weighted by atomic mass is 16.4. The number of nitrogens with one attached hydrogen (secondary N) is 2. The molecule has 29 heavy (non-hydrogen) atoms. The van der Waals surface area contributed by atoms with Gasteiger partial charge in [-0.2, -0.15) is 0 Å². The summed E-state index contributed by atoms with van der Waals surface area (Å²) in [5.41, 5.74) is 7.38. The Morgan fingerprint density at radius 3 is 2.83 bits per heavy atom. The zero-order valence-electron chi connectivity index (χ0n) is 15.8. The molecule has 5 N–H and O–H groups in total. The zero-order chi connectivity index (χ0) is 21.0. The summed E-state index contributed by atoms with van der Waals surface area (Å²) in [4.78, 5) is 52.3. The number of benzene rings is 1. The van der Waals surface area contributed by atoms with Crippen LogP contribution in [-0.2, 0) is 25.6 Å². The Kier molecular flexibility index (Phi) is 6.28. The van der Waals surface area contributed by atoms with E-state index in [1.54, 1.807) is 6.20 Å². The number of aromatic amines is 1. The molecule has 3 atom stereocenters. The van der Waals surface area contributed by atoms with Gasteiger partial charge >= 0.3 is 5.97 Å². The Morgan fingerprint density at radius 1 is 1.34 bits per heavy atom. The minimum Gasteiger partial charge on any atom is -0.481 e. The van der Waals surface area contributed by atoms with Gasteiger partial charge in [0.25, 0.3) is 0 Å². The summed E-state index contributed by atoms with van der Waals surface area (Å²) >= 11 is 0. The number of para-hydroxylation sites is 1. The second kappa shape index (κ2) is 8.87. The number of aliphatic carboxylic acids is 1. The quantitative estimate of drug-likeness (QED) is 0.465. The predicted octanol–water partition coefficient (Wildman–Crippen LogP) is 0.187. The fourth-order valence-electron chi connectivity index (χ4n) is 3.69. The van der Waals surface area contributed by atoms with Crippen LogP contribution in [0.3, 0.4) is 0 Å². The van der Waals surface area contributed by atoms with E-state index < -0.39 is 36.4 Å². The topological polar surface area (TPSA) is 146 Å². The van der Waals surface area contributed by atoms with Crippen LogP contribution in [0.25, 0.3) is 10.9 Å². The molecule has 1 aromatic carbocycles. The van der Waals surface area contributed by atoms with Crippen LogP contribution in [0.2, 0.25) is 0 Å². The monoisotopic (exact) mass is 400 g/mol. The van der Waals surface area contributed by atoms with Crippen molar-refractivity contribution >= 4 is 35.0 Å². The molecular weight excluding hydrogens is 376 g/mol. The normalized spacial score (nSPS) is 18.4. The summed E-state index contributed by atoms with van der Waals surface area (Å²) in [6.07, 6.45) is 3.46. The average molecular weight is 400 g/mol. The van der Waals surface area contributed by atoms with Crippen molar-refractivity contribution < 1.29 is 24.3 Å². The molecule has 0 aliphatic carbocycles. The van der Waals surface area contributed by atoms with Crippen molar-refractivity contribution in [2.75, 3.05) is 6.54 Å². The van der Waals surface area contributed by atoms with Crippen LogP contribution in [0.1, 0.15) is 24.8 Å². The molecule has 1 fully saturated rings. The number of aromatic nitrogens is 1. The fraction of sp³-hybridized carbons (Fsp3) is 0.400. The second-order valence-corrected chi connectivity index (χ2v) is 7.21. The van der Waals surface area contributed by atoms with E-state index in [4.69, 9.17) is 10.8 Å². The van der Waals surface area contributed by atoms with Gasteiger partial charge in [-0.3, -0.25) is 14.4 Å². The van der Waals surface area contributed by atoms with E-state index in [9.17, 15) is 19.2 Å². The van der Waals surface area contributed by atoms with Crippen LogP contribution >= 0.6 is 0 Å². The van der Waals surface area contributed by atoms with Gasteiger partial charge in [0.15, 0.2) is 0 Å². The van der Waals surface area contributed by atoms with Gasteiger partial charge in [-0.25, -0.2) is 0 Å². The highest BCUT2D eigenvalue weighted by Gasteiger charge is 2.35. The lowest BCUT2D eigenvalue weighted by Crippen LogP contribution is -2.54. The minimum atomic E-state index is -1.27. The van der Waals surface area contributed by atoms with Gasteiger partial charge in [0.1, 0.15) is 12.3 Å². The van der Waals surface area contributed by atoms with Crippen molar-refractivity contribution in [3.8, 4) is 0 Å². The second-order valence-electron chi connectivity index (χ2n) is 7.21. The molecule has 1 aliphatic heterocycles. The zero-order valence-corrected chi connectivity index (χ0v) is 15.8. The highest BCUT2D eigenvalue weighted by Crippen LogP contribution is 2.22. The third-order valence-electron chi connectivity index (χ3n) is 5.18. The van der Waals surface area contributed by atoms with Crippen molar-refractivity contribution in [2.45, 2.75) is 43.8 Å². The van der Waals surface area contributed by atoms with Crippen LogP contribution < -0.4 is 11.1 Å². The number of amides is 2. The molecule has 1 aliphatic rings. The van der Waals surface area contributed by atoms with Crippen molar-refractivity contribution in [3.63, 3.8) is 0 Å². The van der Waals surface area contributed by atoms with Crippen LogP contribution in [-0.4, -0.2) is 63.7 Å². The van der Waals surface area contributed by atoms with Crippen LogP contribution in [0.5, 0.6) is 0 Å². The number of carboxylic acid groups (broad SMARTS) is 1. The summed E-state index contributed by atoms with van der Waals surface area (Å²) in [5.74, 6) is -2.29. The van der Waals surface area contributed by atoms with E-state index >= 15 is 0 Å². The van der Waals surface area contributed by atoms with Gasteiger partial charge in [-0.1, -0.05) is 18.2 Å². The molecule has 9 nitrogen and oxygen atoms in total. The summed E-state index contributed by atoms with van der Waals surface area (Å²) in [6, 6.07) is 4.83. The number of nitrogens with two attached hydrogens (primary N) is 1. The maximum absolute atomic E-state index is 13.1. The molecule has 0 saturated carbocycles. The average Bonchev–Trinajstić information content (AvgIpc) is 3.33. The lowest BCUT2D eigenvalue weighted by molar-refractivity contribution is -0.141.